The second kappa shape index (κ2) is 13.4. The summed E-state index contributed by atoms with van der Waals surface area (Å²) in [7, 11) is 0. The Morgan fingerprint density at radius 2 is 1.02 bits per heavy atom. The van der Waals surface area contributed by atoms with E-state index in [1.807, 2.05) is 30.3 Å². The molecule has 3 aromatic heterocycles. The zero-order valence-electron chi connectivity index (χ0n) is 30.3. The molecule has 0 saturated carbocycles. The number of hydrogen-bond acceptors (Lipinski definition) is 5. The van der Waals surface area contributed by atoms with Crippen LogP contribution in [0.2, 0.25) is 0 Å². The van der Waals surface area contributed by atoms with E-state index in [1.54, 1.807) is 11.3 Å². The summed E-state index contributed by atoms with van der Waals surface area (Å²) >= 11 is 1.80. The van der Waals surface area contributed by atoms with Crippen LogP contribution in [0.4, 0.5) is 0 Å². The third-order valence-electron chi connectivity index (χ3n) is 10.8. The van der Waals surface area contributed by atoms with E-state index < -0.39 is 0 Å². The predicted molar refractivity (Wildman–Crippen MR) is 232 cm³/mol. The van der Waals surface area contributed by atoms with Crippen molar-refractivity contribution >= 4 is 48.6 Å². The first-order chi connectivity index (χ1) is 27.7. The minimum absolute atomic E-state index is 0.643. The fraction of sp³-hybridized carbons (Fsp3) is 0.0392. The van der Waals surface area contributed by atoms with Crippen LogP contribution in [0.3, 0.4) is 0 Å². The smallest absolute Gasteiger partial charge is 0.164 e. The van der Waals surface area contributed by atoms with Crippen LogP contribution in [0.15, 0.2) is 174 Å². The quantitative estimate of drug-likeness (QED) is 0.171. The monoisotopic (exact) mass is 735 g/mol. The Kier molecular flexibility index (Phi) is 7.78. The molecule has 3 heterocycles. The Bertz CT molecular complexity index is 3120. The molecule has 264 valence electrons. The lowest BCUT2D eigenvalue weighted by Crippen LogP contribution is -2.01. The molecule has 0 radical (unpaired) electrons. The average Bonchev–Trinajstić information content (AvgIpc) is 3.85. The van der Waals surface area contributed by atoms with Crippen molar-refractivity contribution in [2.24, 2.45) is 0 Å². The second-order valence-electron chi connectivity index (χ2n) is 14.3. The van der Waals surface area contributed by atoms with Crippen LogP contribution in [0.5, 0.6) is 0 Å². The molecule has 0 bridgehead atoms. The molecule has 0 atom stereocenters. The molecular weight excluding hydrogens is 703 g/mol. The van der Waals surface area contributed by atoms with Gasteiger partial charge in [-0.25, -0.2) is 15.0 Å². The molecule has 5 heteroatoms. The second-order valence-corrected chi connectivity index (χ2v) is 15.3. The lowest BCUT2D eigenvalue weighted by atomic mass is 9.96. The highest BCUT2D eigenvalue weighted by Gasteiger charge is 2.22. The van der Waals surface area contributed by atoms with Crippen molar-refractivity contribution in [1.29, 1.82) is 0 Å². The summed E-state index contributed by atoms with van der Waals surface area (Å²) in [5.41, 5.74) is 12.1. The van der Waals surface area contributed by atoms with Crippen LogP contribution in [0, 0.1) is 0 Å². The summed E-state index contributed by atoms with van der Waals surface area (Å²) in [6.45, 7) is 0. The minimum Gasteiger partial charge on any atom is -0.456 e. The lowest BCUT2D eigenvalue weighted by molar-refractivity contribution is 0.595. The third kappa shape index (κ3) is 5.64. The van der Waals surface area contributed by atoms with Crippen molar-refractivity contribution < 1.29 is 4.42 Å². The third-order valence-corrected chi connectivity index (χ3v) is 12.0. The Hall–Kier alpha value is -6.95. The van der Waals surface area contributed by atoms with Gasteiger partial charge in [-0.05, 0) is 82.6 Å². The number of rotatable bonds is 6. The van der Waals surface area contributed by atoms with Gasteiger partial charge in [-0.2, -0.15) is 0 Å². The van der Waals surface area contributed by atoms with Crippen LogP contribution >= 0.6 is 11.3 Å². The number of nitrogens with zero attached hydrogens (tertiary/aromatic N) is 3. The Morgan fingerprint density at radius 3 is 1.75 bits per heavy atom. The normalized spacial score (nSPS) is 12.4. The fourth-order valence-electron chi connectivity index (χ4n) is 8.11. The van der Waals surface area contributed by atoms with E-state index in [-0.39, 0.29) is 0 Å². The van der Waals surface area contributed by atoms with Crippen LogP contribution in [-0.2, 0) is 6.42 Å². The molecule has 1 aliphatic carbocycles. The van der Waals surface area contributed by atoms with E-state index in [0.29, 0.717) is 17.5 Å². The van der Waals surface area contributed by atoms with E-state index in [2.05, 4.69) is 146 Å². The van der Waals surface area contributed by atoms with E-state index in [4.69, 9.17) is 19.4 Å². The molecule has 10 aromatic rings. The van der Waals surface area contributed by atoms with Crippen molar-refractivity contribution in [3.63, 3.8) is 0 Å². The van der Waals surface area contributed by atoms with Gasteiger partial charge in [0.15, 0.2) is 17.5 Å². The summed E-state index contributed by atoms with van der Waals surface area (Å²) in [6, 6.07) is 57.9. The van der Waals surface area contributed by atoms with Crippen LogP contribution in [-0.4, -0.2) is 15.0 Å². The topological polar surface area (TPSA) is 51.8 Å². The van der Waals surface area contributed by atoms with E-state index >= 15 is 0 Å². The number of allylic oxidation sites excluding steroid dienone is 1. The molecule has 0 N–H and O–H groups in total. The molecule has 4 nitrogen and oxygen atoms in total. The van der Waals surface area contributed by atoms with Gasteiger partial charge in [-0.15, -0.1) is 11.3 Å². The van der Waals surface area contributed by atoms with Gasteiger partial charge in [-0.1, -0.05) is 140 Å². The molecule has 1 aliphatic rings. The van der Waals surface area contributed by atoms with E-state index in [0.717, 1.165) is 51.6 Å². The molecule has 0 saturated heterocycles. The van der Waals surface area contributed by atoms with Gasteiger partial charge in [-0.3, -0.25) is 0 Å². The number of hydrogen-bond donors (Lipinski definition) is 0. The summed E-state index contributed by atoms with van der Waals surface area (Å²) in [4.78, 5) is 15.6. The van der Waals surface area contributed by atoms with Crippen molar-refractivity contribution in [3.05, 3.63) is 181 Å². The predicted octanol–water partition coefficient (Wildman–Crippen LogP) is 13.9. The first kappa shape index (κ1) is 32.5. The molecule has 56 heavy (non-hydrogen) atoms. The maximum atomic E-state index is 6.32. The molecule has 0 unspecified atom stereocenters. The van der Waals surface area contributed by atoms with Gasteiger partial charge < -0.3 is 4.42 Å². The van der Waals surface area contributed by atoms with Gasteiger partial charge in [0.25, 0.3) is 0 Å². The SMILES string of the molecule is C1=Cc2oc3cccc(-c4nc(-c5ccccc5)nc(-c5cccc6sc7ccc(-c8ccc(-c9cccc(-c%10ccccc%10)c9)cc8)cc7c56)n4)c3c2CC1. The fourth-order valence-corrected chi connectivity index (χ4v) is 9.22. The number of aromatic nitrogens is 3. The highest BCUT2D eigenvalue weighted by molar-refractivity contribution is 7.26. The van der Waals surface area contributed by atoms with Crippen molar-refractivity contribution in [2.45, 2.75) is 12.8 Å². The molecule has 0 fully saturated rings. The average molecular weight is 736 g/mol. The molecular formula is C51H33N3OS. The highest BCUT2D eigenvalue weighted by Crippen LogP contribution is 2.43. The highest BCUT2D eigenvalue weighted by atomic mass is 32.1. The summed E-state index contributed by atoms with van der Waals surface area (Å²) in [5.74, 6) is 2.87. The standard InChI is InChI=1S/C51H33N3OS/c1-3-12-32(13-4-1)36-16-9-17-37(30-36)33-24-26-34(27-25-33)38-28-29-45-42(31-38)48-41(20-11-23-46(48)56-45)51-53-49(35-14-5-2-6-15-35)52-50(54-51)40-19-10-22-44-47(40)39-18-7-8-21-43(39)55-44/h1-6,8-17,19-31H,7,18H2. The zero-order valence-corrected chi connectivity index (χ0v) is 31.1. The summed E-state index contributed by atoms with van der Waals surface area (Å²) in [5, 5.41) is 3.43. The van der Waals surface area contributed by atoms with Crippen molar-refractivity contribution in [2.75, 3.05) is 0 Å². The number of furan rings is 1. The van der Waals surface area contributed by atoms with E-state index in [1.165, 1.54) is 53.7 Å². The maximum Gasteiger partial charge on any atom is 0.164 e. The molecule has 11 rings (SSSR count). The number of aryl methyl sites for hydroxylation is 1. The number of fused-ring (bicyclic) bond motifs is 6. The van der Waals surface area contributed by atoms with Gasteiger partial charge >= 0.3 is 0 Å². The van der Waals surface area contributed by atoms with Gasteiger partial charge in [0.05, 0.1) is 0 Å². The molecule has 0 amide bonds. The van der Waals surface area contributed by atoms with Crippen LogP contribution in [0.1, 0.15) is 17.7 Å². The number of thiophene rings is 1. The van der Waals surface area contributed by atoms with Crippen molar-refractivity contribution in [1.82, 2.24) is 15.0 Å². The van der Waals surface area contributed by atoms with Gasteiger partial charge in [0, 0.05) is 47.8 Å². The summed E-state index contributed by atoms with van der Waals surface area (Å²) < 4.78 is 8.75. The van der Waals surface area contributed by atoms with Crippen molar-refractivity contribution in [3.8, 4) is 67.5 Å². The molecule has 0 aliphatic heterocycles. The molecule has 0 spiro atoms. The lowest BCUT2D eigenvalue weighted by Gasteiger charge is -2.11. The van der Waals surface area contributed by atoms with Gasteiger partial charge in [0.1, 0.15) is 11.3 Å². The first-order valence-corrected chi connectivity index (χ1v) is 19.8. The Morgan fingerprint density at radius 1 is 0.446 bits per heavy atom. The van der Waals surface area contributed by atoms with Crippen LogP contribution < -0.4 is 0 Å². The molecule has 7 aromatic carbocycles. The first-order valence-electron chi connectivity index (χ1n) is 19.0. The Balaban J connectivity index is 1.03. The maximum absolute atomic E-state index is 6.32. The summed E-state index contributed by atoms with van der Waals surface area (Å²) in [6.07, 6.45) is 6.17. The number of benzene rings is 7. The minimum atomic E-state index is 0.643. The Labute approximate surface area is 328 Å². The van der Waals surface area contributed by atoms with Crippen LogP contribution in [0.25, 0.3) is 105 Å². The zero-order chi connectivity index (χ0) is 37.0. The van der Waals surface area contributed by atoms with Gasteiger partial charge in [0.2, 0.25) is 0 Å². The van der Waals surface area contributed by atoms with E-state index in [9.17, 15) is 0 Å². The largest absolute Gasteiger partial charge is 0.456 e.